The van der Waals surface area contributed by atoms with Crippen LogP contribution in [0.1, 0.15) is 23.0 Å². The summed E-state index contributed by atoms with van der Waals surface area (Å²) in [5, 5.41) is 11.3. The van der Waals surface area contributed by atoms with Crippen molar-refractivity contribution in [3.05, 3.63) is 78.3 Å². The molecule has 0 fully saturated rings. The molecular weight excluding hydrogens is 412 g/mol. The van der Waals surface area contributed by atoms with Gasteiger partial charge in [-0.1, -0.05) is 24.3 Å². The molecule has 0 saturated carbocycles. The predicted octanol–water partition coefficient (Wildman–Crippen LogP) is 2.16. The monoisotopic (exact) mass is 432 g/mol. The molecule has 3 rings (SSSR count). The topological polar surface area (TPSA) is 133 Å². The van der Waals surface area contributed by atoms with E-state index in [2.05, 4.69) is 22.2 Å². The highest BCUT2D eigenvalue weighted by atomic mass is 16.5. The maximum atomic E-state index is 12.0. The number of benzene rings is 2. The zero-order valence-electron chi connectivity index (χ0n) is 17.1. The van der Waals surface area contributed by atoms with E-state index in [0.717, 1.165) is 11.1 Å². The van der Waals surface area contributed by atoms with Crippen molar-refractivity contribution in [3.8, 4) is 22.9 Å². The second-order valence-electron chi connectivity index (χ2n) is 6.71. The molecule has 3 amide bonds. The highest BCUT2D eigenvalue weighted by molar-refractivity contribution is 5.95. The first-order valence-corrected chi connectivity index (χ1v) is 9.62. The van der Waals surface area contributed by atoms with Gasteiger partial charge in [0, 0.05) is 0 Å². The van der Waals surface area contributed by atoms with E-state index in [0.29, 0.717) is 11.3 Å². The molecule has 0 aliphatic rings. The Bertz CT molecular complexity index is 1120. The van der Waals surface area contributed by atoms with Gasteiger partial charge >= 0.3 is 0 Å². The minimum atomic E-state index is -0.899. The molecular formula is C23H20N4O5. The second kappa shape index (κ2) is 10.4. The van der Waals surface area contributed by atoms with Crippen LogP contribution in [-0.4, -0.2) is 30.4 Å². The van der Waals surface area contributed by atoms with Crippen LogP contribution in [0.4, 0.5) is 0 Å². The third-order valence-electron chi connectivity index (χ3n) is 4.38. The van der Waals surface area contributed by atoms with Crippen molar-refractivity contribution in [1.29, 1.82) is 5.26 Å². The second-order valence-corrected chi connectivity index (χ2v) is 6.71. The van der Waals surface area contributed by atoms with Crippen LogP contribution in [0.2, 0.25) is 0 Å². The minimum Gasteiger partial charge on any atom is -0.484 e. The van der Waals surface area contributed by atoms with Crippen molar-refractivity contribution in [2.24, 2.45) is 0 Å². The van der Waals surface area contributed by atoms with Gasteiger partial charge in [0.15, 0.2) is 12.4 Å². The fourth-order valence-electron chi connectivity index (χ4n) is 2.65. The van der Waals surface area contributed by atoms with Crippen molar-refractivity contribution >= 4 is 17.7 Å². The molecule has 0 radical (unpaired) electrons. The van der Waals surface area contributed by atoms with E-state index in [1.807, 2.05) is 24.3 Å². The van der Waals surface area contributed by atoms with Crippen LogP contribution in [-0.2, 0) is 9.59 Å². The number of ether oxygens (including phenoxy) is 1. The fraction of sp³-hybridized carbons (Fsp3) is 0.130. The summed E-state index contributed by atoms with van der Waals surface area (Å²) >= 11 is 0. The Labute approximate surface area is 184 Å². The molecule has 0 saturated heterocycles. The van der Waals surface area contributed by atoms with Gasteiger partial charge in [0.1, 0.15) is 11.8 Å². The zero-order chi connectivity index (χ0) is 22.9. The van der Waals surface area contributed by atoms with E-state index < -0.39 is 23.8 Å². The number of carbonyl (C=O) groups is 3. The van der Waals surface area contributed by atoms with Crippen LogP contribution in [0.15, 0.2) is 71.3 Å². The number of amides is 3. The number of nitrogens with zero attached hydrogens (tertiary/aromatic N) is 1. The van der Waals surface area contributed by atoms with Crippen molar-refractivity contribution in [2.45, 2.75) is 13.0 Å². The van der Waals surface area contributed by atoms with Gasteiger partial charge in [-0.3, -0.25) is 25.2 Å². The van der Waals surface area contributed by atoms with Gasteiger partial charge in [-0.2, -0.15) is 5.26 Å². The first kappa shape index (κ1) is 22.1. The highest BCUT2D eigenvalue weighted by Gasteiger charge is 2.18. The van der Waals surface area contributed by atoms with Gasteiger partial charge < -0.3 is 14.5 Å². The zero-order valence-corrected chi connectivity index (χ0v) is 17.1. The van der Waals surface area contributed by atoms with E-state index in [-0.39, 0.29) is 12.4 Å². The number of hydrazine groups is 1. The largest absolute Gasteiger partial charge is 0.484 e. The van der Waals surface area contributed by atoms with Crippen LogP contribution in [0.3, 0.4) is 0 Å². The highest BCUT2D eigenvalue weighted by Crippen LogP contribution is 2.22. The molecule has 1 heterocycles. The number of furan rings is 1. The van der Waals surface area contributed by atoms with E-state index in [1.54, 1.807) is 30.3 Å². The summed E-state index contributed by atoms with van der Waals surface area (Å²) in [5.74, 6) is -1.17. The Kier molecular flexibility index (Phi) is 7.22. The lowest BCUT2D eigenvalue weighted by atomic mass is 10.0. The molecule has 162 valence electrons. The summed E-state index contributed by atoms with van der Waals surface area (Å²) in [6.07, 6.45) is 1.35. The van der Waals surface area contributed by atoms with Crippen molar-refractivity contribution in [1.82, 2.24) is 16.2 Å². The molecule has 9 nitrogen and oxygen atoms in total. The normalized spacial score (nSPS) is 11.0. The molecule has 0 aliphatic heterocycles. The number of carbonyl (C=O) groups excluding carboxylic acids is 3. The van der Waals surface area contributed by atoms with E-state index in [4.69, 9.17) is 14.4 Å². The van der Waals surface area contributed by atoms with Crippen LogP contribution < -0.4 is 20.9 Å². The summed E-state index contributed by atoms with van der Waals surface area (Å²) in [6.45, 7) is 1.15. The molecule has 1 unspecified atom stereocenters. The minimum absolute atomic E-state index is 0.0762. The van der Waals surface area contributed by atoms with Crippen molar-refractivity contribution < 1.29 is 23.5 Å². The lowest BCUT2D eigenvalue weighted by Crippen LogP contribution is -2.51. The van der Waals surface area contributed by atoms with Gasteiger partial charge in [-0.05, 0) is 54.4 Å². The van der Waals surface area contributed by atoms with Gasteiger partial charge in [0.2, 0.25) is 0 Å². The molecule has 3 aromatic rings. The Balaban J connectivity index is 1.41. The lowest BCUT2D eigenvalue weighted by molar-refractivity contribution is -0.130. The van der Waals surface area contributed by atoms with Gasteiger partial charge in [-0.25, -0.2) is 0 Å². The Morgan fingerprint density at radius 3 is 2.25 bits per heavy atom. The number of nitrogens with one attached hydrogen (secondary N) is 3. The summed E-state index contributed by atoms with van der Waals surface area (Å²) in [7, 11) is 0. The SMILES string of the molecule is CC(NC(=O)c1ccco1)C(=O)NNC(=O)COc1ccc(-c2ccc(C#N)cc2)cc1. The van der Waals surface area contributed by atoms with Crippen LogP contribution >= 0.6 is 0 Å². The average Bonchev–Trinajstić information content (AvgIpc) is 3.37. The fourth-order valence-corrected chi connectivity index (χ4v) is 2.65. The van der Waals surface area contributed by atoms with Gasteiger partial charge in [0.25, 0.3) is 17.7 Å². The van der Waals surface area contributed by atoms with E-state index in [1.165, 1.54) is 19.3 Å². The quantitative estimate of drug-likeness (QED) is 0.490. The molecule has 9 heteroatoms. The number of hydrogen-bond donors (Lipinski definition) is 3. The standard InChI is InChI=1S/C23H20N4O5/c1-15(25-23(30)20-3-2-12-31-20)22(29)27-26-21(28)14-32-19-10-8-18(9-11-19)17-6-4-16(13-24)5-7-17/h2-12,15H,14H2,1H3,(H,25,30)(H,26,28)(H,27,29). The third-order valence-corrected chi connectivity index (χ3v) is 4.38. The molecule has 1 aromatic heterocycles. The van der Waals surface area contributed by atoms with E-state index >= 15 is 0 Å². The molecule has 0 aliphatic carbocycles. The first-order chi connectivity index (χ1) is 15.5. The summed E-state index contributed by atoms with van der Waals surface area (Å²) in [4.78, 5) is 35.8. The summed E-state index contributed by atoms with van der Waals surface area (Å²) < 4.78 is 10.4. The molecule has 0 spiro atoms. The molecule has 1 atom stereocenters. The lowest BCUT2D eigenvalue weighted by Gasteiger charge is -2.14. The van der Waals surface area contributed by atoms with Crippen LogP contribution in [0, 0.1) is 11.3 Å². The Morgan fingerprint density at radius 1 is 1.00 bits per heavy atom. The molecule has 3 N–H and O–H groups in total. The van der Waals surface area contributed by atoms with Gasteiger partial charge in [0.05, 0.1) is 17.9 Å². The Morgan fingerprint density at radius 2 is 1.66 bits per heavy atom. The Hall–Kier alpha value is -4.58. The number of nitriles is 1. The van der Waals surface area contributed by atoms with Crippen molar-refractivity contribution in [2.75, 3.05) is 6.61 Å². The van der Waals surface area contributed by atoms with Crippen LogP contribution in [0.25, 0.3) is 11.1 Å². The molecule has 0 bridgehead atoms. The summed E-state index contributed by atoms with van der Waals surface area (Å²) in [5.41, 5.74) is 6.91. The van der Waals surface area contributed by atoms with Crippen molar-refractivity contribution in [3.63, 3.8) is 0 Å². The third kappa shape index (κ3) is 5.96. The smallest absolute Gasteiger partial charge is 0.287 e. The van der Waals surface area contributed by atoms with E-state index in [9.17, 15) is 14.4 Å². The first-order valence-electron chi connectivity index (χ1n) is 9.62. The maximum Gasteiger partial charge on any atom is 0.287 e. The van der Waals surface area contributed by atoms with Gasteiger partial charge in [-0.15, -0.1) is 0 Å². The number of rotatable bonds is 7. The molecule has 32 heavy (non-hydrogen) atoms. The summed E-state index contributed by atoms with van der Waals surface area (Å²) in [6, 6.07) is 18.5. The average molecular weight is 432 g/mol. The number of hydrogen-bond acceptors (Lipinski definition) is 6. The predicted molar refractivity (Wildman–Crippen MR) is 114 cm³/mol. The maximum absolute atomic E-state index is 12.0. The van der Waals surface area contributed by atoms with Crippen LogP contribution in [0.5, 0.6) is 5.75 Å². The molecule has 2 aromatic carbocycles.